The van der Waals surface area contributed by atoms with Crippen LogP contribution in [-0.4, -0.2) is 23.5 Å². The SMILES string of the molecule is OC(CN(Cc1ccccc1SC(F)(F)F)c1cccc(OCc2cccc(OC(F)(F)F)c2)c1)c1ccccc1C(F)(F)F. The van der Waals surface area contributed by atoms with E-state index in [1.807, 2.05) is 0 Å². The molecule has 0 aliphatic rings. The van der Waals surface area contributed by atoms with Gasteiger partial charge in [0.15, 0.2) is 0 Å². The Balaban J connectivity index is 1.63. The Labute approximate surface area is 256 Å². The third-order valence-corrected chi connectivity index (χ3v) is 7.15. The van der Waals surface area contributed by atoms with Crippen LogP contribution in [0, 0.1) is 0 Å². The van der Waals surface area contributed by atoms with E-state index in [9.17, 15) is 44.6 Å². The third-order valence-electron chi connectivity index (χ3n) is 6.30. The average molecular weight is 662 g/mol. The normalized spacial score (nSPS) is 12.9. The maximum absolute atomic E-state index is 13.7. The van der Waals surface area contributed by atoms with Crippen molar-refractivity contribution in [3.8, 4) is 11.5 Å². The van der Waals surface area contributed by atoms with Gasteiger partial charge < -0.3 is 19.5 Å². The number of hydrogen-bond acceptors (Lipinski definition) is 5. The Hall–Kier alpha value is -4.04. The van der Waals surface area contributed by atoms with Crippen LogP contribution in [0.3, 0.4) is 0 Å². The van der Waals surface area contributed by atoms with Crippen LogP contribution in [-0.2, 0) is 19.3 Å². The Morgan fingerprint density at radius 3 is 2.11 bits per heavy atom. The Morgan fingerprint density at radius 1 is 0.733 bits per heavy atom. The van der Waals surface area contributed by atoms with E-state index in [1.165, 1.54) is 77.7 Å². The number of anilines is 1. The smallest absolute Gasteiger partial charge is 0.489 e. The topological polar surface area (TPSA) is 41.9 Å². The van der Waals surface area contributed by atoms with Gasteiger partial charge >= 0.3 is 18.0 Å². The zero-order chi connectivity index (χ0) is 32.8. The van der Waals surface area contributed by atoms with Crippen molar-refractivity contribution < 1.29 is 54.1 Å². The summed E-state index contributed by atoms with van der Waals surface area (Å²) in [4.78, 5) is 1.28. The van der Waals surface area contributed by atoms with E-state index in [0.29, 0.717) is 5.56 Å². The first-order chi connectivity index (χ1) is 21.1. The van der Waals surface area contributed by atoms with Crippen molar-refractivity contribution in [2.75, 3.05) is 11.4 Å². The predicted octanol–water partition coefficient (Wildman–Crippen LogP) is 9.54. The second kappa shape index (κ2) is 13.9. The quantitative estimate of drug-likeness (QED) is 0.128. The predicted molar refractivity (Wildman–Crippen MR) is 150 cm³/mol. The van der Waals surface area contributed by atoms with Crippen LogP contribution in [0.25, 0.3) is 0 Å². The fourth-order valence-corrected chi connectivity index (χ4v) is 5.11. The first-order valence-electron chi connectivity index (χ1n) is 13.1. The number of rotatable bonds is 11. The number of aliphatic hydroxyl groups excluding tert-OH is 1. The van der Waals surface area contributed by atoms with Gasteiger partial charge in [0.2, 0.25) is 0 Å². The number of nitrogens with zero attached hydrogens (tertiary/aromatic N) is 1. The van der Waals surface area contributed by atoms with Crippen LogP contribution >= 0.6 is 11.8 Å². The van der Waals surface area contributed by atoms with Crippen LogP contribution in [0.1, 0.15) is 28.4 Å². The van der Waals surface area contributed by atoms with Crippen LogP contribution in [0.2, 0.25) is 0 Å². The van der Waals surface area contributed by atoms with Gasteiger partial charge in [0.05, 0.1) is 11.7 Å². The van der Waals surface area contributed by atoms with E-state index >= 15 is 0 Å². The lowest BCUT2D eigenvalue weighted by Gasteiger charge is -2.29. The Morgan fingerprint density at radius 2 is 1.40 bits per heavy atom. The van der Waals surface area contributed by atoms with Gasteiger partial charge in [-0.05, 0) is 64.9 Å². The highest BCUT2D eigenvalue weighted by molar-refractivity contribution is 8.00. The van der Waals surface area contributed by atoms with Crippen LogP contribution in [0.15, 0.2) is 102 Å². The molecule has 0 amide bonds. The number of hydrogen-bond donors (Lipinski definition) is 1. The van der Waals surface area contributed by atoms with Gasteiger partial charge in [0.1, 0.15) is 18.1 Å². The molecule has 1 N–H and O–H groups in total. The maximum atomic E-state index is 13.7. The highest BCUT2D eigenvalue weighted by Gasteiger charge is 2.35. The molecule has 0 radical (unpaired) electrons. The summed E-state index contributed by atoms with van der Waals surface area (Å²) in [6, 6.07) is 21.2. The summed E-state index contributed by atoms with van der Waals surface area (Å²) >= 11 is -0.344. The molecule has 0 aromatic heterocycles. The molecule has 0 heterocycles. The van der Waals surface area contributed by atoms with Crippen LogP contribution < -0.4 is 14.4 Å². The summed E-state index contributed by atoms with van der Waals surface area (Å²) in [6.07, 6.45) is -11.4. The Bertz CT molecular complexity index is 1570. The molecule has 4 nitrogen and oxygen atoms in total. The van der Waals surface area contributed by atoms with Gasteiger partial charge in [-0.2, -0.15) is 26.3 Å². The zero-order valence-electron chi connectivity index (χ0n) is 23.0. The molecule has 14 heteroatoms. The van der Waals surface area contributed by atoms with E-state index in [1.54, 1.807) is 0 Å². The first-order valence-corrected chi connectivity index (χ1v) is 13.9. The van der Waals surface area contributed by atoms with Crippen LogP contribution in [0.5, 0.6) is 11.5 Å². The molecule has 0 aliphatic heterocycles. The molecule has 4 aromatic carbocycles. The molecule has 240 valence electrons. The summed E-state index contributed by atoms with van der Waals surface area (Å²) in [5.74, 6) is -0.255. The largest absolute Gasteiger partial charge is 0.573 e. The fourth-order valence-electron chi connectivity index (χ4n) is 4.45. The summed E-state index contributed by atoms with van der Waals surface area (Å²) < 4.78 is 128. The number of aliphatic hydroxyl groups is 1. The number of thioether (sulfide) groups is 1. The van der Waals surface area contributed by atoms with E-state index in [0.717, 1.165) is 24.3 Å². The number of ether oxygens (including phenoxy) is 2. The van der Waals surface area contributed by atoms with Gasteiger partial charge in [-0.3, -0.25) is 0 Å². The van der Waals surface area contributed by atoms with Crippen molar-refractivity contribution in [3.05, 3.63) is 119 Å². The molecular formula is C31H24F9NO3S. The molecular weight excluding hydrogens is 637 g/mol. The molecule has 0 saturated heterocycles. The van der Waals surface area contributed by atoms with Gasteiger partial charge in [-0.15, -0.1) is 13.2 Å². The molecule has 0 fully saturated rings. The van der Waals surface area contributed by atoms with Crippen molar-refractivity contribution in [3.63, 3.8) is 0 Å². The standard InChI is InChI=1S/C31H24F9NO3S/c32-29(33,34)26-13-3-2-12-25(26)27(42)18-41(17-21-8-1-4-14-28(21)45-31(38,39)40)22-9-6-10-23(16-22)43-19-20-7-5-11-24(15-20)44-30(35,36)37/h1-16,27,42H,17-19H2. The van der Waals surface area contributed by atoms with Gasteiger partial charge in [-0.1, -0.05) is 54.6 Å². The summed E-state index contributed by atoms with van der Waals surface area (Å²) in [5, 5.41) is 11.0. The number of halogens is 9. The summed E-state index contributed by atoms with van der Waals surface area (Å²) in [5.41, 5.74) is -5.26. The lowest BCUT2D eigenvalue weighted by atomic mass is 10.0. The Kier molecular flexibility index (Phi) is 10.5. The van der Waals surface area contributed by atoms with Crippen molar-refractivity contribution in [1.82, 2.24) is 0 Å². The highest BCUT2D eigenvalue weighted by atomic mass is 32.2. The maximum Gasteiger partial charge on any atom is 0.573 e. The molecule has 45 heavy (non-hydrogen) atoms. The minimum atomic E-state index is -4.89. The van der Waals surface area contributed by atoms with Crippen molar-refractivity contribution in [1.29, 1.82) is 0 Å². The molecule has 4 aromatic rings. The highest BCUT2D eigenvalue weighted by Crippen LogP contribution is 2.40. The molecule has 1 unspecified atom stereocenters. The number of alkyl halides is 9. The molecule has 0 spiro atoms. The monoisotopic (exact) mass is 661 g/mol. The molecule has 0 bridgehead atoms. The third kappa shape index (κ3) is 10.2. The van der Waals surface area contributed by atoms with Crippen LogP contribution in [0.4, 0.5) is 45.2 Å². The van der Waals surface area contributed by atoms with Gasteiger partial charge in [0, 0.05) is 29.7 Å². The minimum Gasteiger partial charge on any atom is -0.489 e. The lowest BCUT2D eigenvalue weighted by molar-refractivity contribution is -0.274. The van der Waals surface area contributed by atoms with Gasteiger partial charge in [0.25, 0.3) is 0 Å². The van der Waals surface area contributed by atoms with Crippen molar-refractivity contribution >= 4 is 17.4 Å². The van der Waals surface area contributed by atoms with E-state index in [4.69, 9.17) is 4.74 Å². The van der Waals surface area contributed by atoms with E-state index in [2.05, 4.69) is 4.74 Å². The second-order valence-corrected chi connectivity index (χ2v) is 10.7. The van der Waals surface area contributed by atoms with Crippen molar-refractivity contribution in [2.24, 2.45) is 0 Å². The fraction of sp³-hybridized carbons (Fsp3) is 0.226. The molecule has 0 aliphatic carbocycles. The number of benzene rings is 4. The average Bonchev–Trinajstić information content (AvgIpc) is 2.95. The molecule has 0 saturated carbocycles. The zero-order valence-corrected chi connectivity index (χ0v) is 23.8. The lowest BCUT2D eigenvalue weighted by Crippen LogP contribution is -2.29. The minimum absolute atomic E-state index is 0.131. The molecule has 4 rings (SSSR count). The van der Waals surface area contributed by atoms with E-state index in [-0.39, 0.29) is 46.8 Å². The molecule has 1 atom stereocenters. The van der Waals surface area contributed by atoms with Crippen molar-refractivity contribution in [2.45, 2.75) is 42.2 Å². The summed E-state index contributed by atoms with van der Waals surface area (Å²) in [7, 11) is 0. The second-order valence-electron chi connectivity index (χ2n) is 9.62. The summed E-state index contributed by atoms with van der Waals surface area (Å²) in [6.45, 7) is -0.867. The van der Waals surface area contributed by atoms with Gasteiger partial charge in [-0.25, -0.2) is 0 Å². The van der Waals surface area contributed by atoms with E-state index < -0.39 is 47.6 Å². The first kappa shape index (κ1) is 33.8.